The largest absolute Gasteiger partial charge is 0.325 e. The zero-order valence-corrected chi connectivity index (χ0v) is 16.4. The van der Waals surface area contributed by atoms with Crippen molar-refractivity contribution < 1.29 is 4.79 Å². The minimum atomic E-state index is -0.330. The number of nitrogens with zero attached hydrogens (tertiary/aromatic N) is 4. The van der Waals surface area contributed by atoms with Gasteiger partial charge in [0, 0.05) is 36.1 Å². The number of aromatic nitrogens is 4. The van der Waals surface area contributed by atoms with Gasteiger partial charge in [0.05, 0.1) is 5.25 Å². The predicted molar refractivity (Wildman–Crippen MR) is 112 cm³/mol. The number of benzene rings is 2. The summed E-state index contributed by atoms with van der Waals surface area (Å²) in [6.45, 7) is 1.86. The van der Waals surface area contributed by atoms with Crippen LogP contribution < -0.4 is 5.32 Å². The van der Waals surface area contributed by atoms with Crippen LogP contribution in [-0.4, -0.2) is 30.9 Å². The molecule has 2 aromatic heterocycles. The van der Waals surface area contributed by atoms with E-state index in [4.69, 9.17) is 0 Å². The number of hydrogen-bond acceptors (Lipinski definition) is 5. The Morgan fingerprint density at radius 3 is 2.71 bits per heavy atom. The first-order valence-corrected chi connectivity index (χ1v) is 9.76. The first-order chi connectivity index (χ1) is 13.6. The average Bonchev–Trinajstić information content (AvgIpc) is 3.09. The molecule has 0 aliphatic heterocycles. The molecule has 1 amide bonds. The highest BCUT2D eigenvalue weighted by Gasteiger charge is 2.20. The molecule has 1 atom stereocenters. The summed E-state index contributed by atoms with van der Waals surface area (Å²) in [5, 5.41) is 14.0. The zero-order chi connectivity index (χ0) is 19.5. The summed E-state index contributed by atoms with van der Waals surface area (Å²) in [6, 6.07) is 17.7. The lowest BCUT2D eigenvalue weighted by Gasteiger charge is -2.13. The van der Waals surface area contributed by atoms with Crippen LogP contribution in [0.1, 0.15) is 6.92 Å². The van der Waals surface area contributed by atoms with Gasteiger partial charge < -0.3 is 9.88 Å². The first kappa shape index (κ1) is 18.2. The molecule has 2 aromatic carbocycles. The van der Waals surface area contributed by atoms with E-state index in [2.05, 4.69) is 20.5 Å². The Morgan fingerprint density at radius 1 is 1.07 bits per heavy atom. The van der Waals surface area contributed by atoms with E-state index < -0.39 is 0 Å². The summed E-state index contributed by atoms with van der Waals surface area (Å²) in [7, 11) is 1.89. The van der Waals surface area contributed by atoms with Crippen molar-refractivity contribution in [3.8, 4) is 11.4 Å². The number of hydrogen-bond donors (Lipinski definition) is 1. The average molecular weight is 389 g/mol. The van der Waals surface area contributed by atoms with Gasteiger partial charge in [-0.2, -0.15) is 0 Å². The highest BCUT2D eigenvalue weighted by atomic mass is 32.2. The molecule has 0 spiro atoms. The fourth-order valence-corrected chi connectivity index (χ4v) is 3.76. The van der Waals surface area contributed by atoms with Crippen LogP contribution in [0.25, 0.3) is 22.2 Å². The summed E-state index contributed by atoms with van der Waals surface area (Å²) in [4.78, 5) is 16.9. The summed E-state index contributed by atoms with van der Waals surface area (Å²) < 4.78 is 1.88. The number of fused-ring (bicyclic) bond motifs is 1. The summed E-state index contributed by atoms with van der Waals surface area (Å²) >= 11 is 1.38. The number of nitrogens with one attached hydrogen (secondary N) is 1. The Bertz CT molecular complexity index is 1120. The maximum Gasteiger partial charge on any atom is 0.237 e. The molecule has 0 saturated carbocycles. The van der Waals surface area contributed by atoms with E-state index in [1.807, 2.05) is 73.1 Å². The van der Waals surface area contributed by atoms with Gasteiger partial charge in [0.1, 0.15) is 0 Å². The maximum absolute atomic E-state index is 12.7. The van der Waals surface area contributed by atoms with Gasteiger partial charge in [0.25, 0.3) is 0 Å². The Morgan fingerprint density at radius 2 is 1.89 bits per heavy atom. The van der Waals surface area contributed by atoms with Crippen molar-refractivity contribution >= 4 is 34.1 Å². The van der Waals surface area contributed by atoms with E-state index >= 15 is 0 Å². The number of carbonyl (C=O) groups excluding carboxylic acids is 1. The van der Waals surface area contributed by atoms with Crippen LogP contribution in [0.3, 0.4) is 0 Å². The van der Waals surface area contributed by atoms with Crippen LogP contribution in [0.4, 0.5) is 5.69 Å². The van der Waals surface area contributed by atoms with Gasteiger partial charge in [-0.1, -0.05) is 48.2 Å². The van der Waals surface area contributed by atoms with Crippen LogP contribution in [0.5, 0.6) is 0 Å². The minimum Gasteiger partial charge on any atom is -0.325 e. The lowest BCUT2D eigenvalue weighted by atomic mass is 10.1. The van der Waals surface area contributed by atoms with E-state index in [9.17, 15) is 4.79 Å². The molecule has 0 aliphatic rings. The number of rotatable bonds is 5. The van der Waals surface area contributed by atoms with Crippen LogP contribution in [-0.2, 0) is 11.8 Å². The molecule has 0 bridgehead atoms. The molecule has 1 N–H and O–H groups in total. The lowest BCUT2D eigenvalue weighted by Crippen LogP contribution is -2.23. The van der Waals surface area contributed by atoms with E-state index in [1.165, 1.54) is 11.8 Å². The van der Waals surface area contributed by atoms with Gasteiger partial charge in [-0.25, -0.2) is 0 Å². The second-order valence-corrected chi connectivity index (χ2v) is 7.69. The molecule has 28 heavy (non-hydrogen) atoms. The molecular formula is C21H19N5OS. The Labute approximate surface area is 167 Å². The summed E-state index contributed by atoms with van der Waals surface area (Å²) in [6.07, 6.45) is 3.46. The standard InChI is InChI=1S/C21H19N5OS/c1-14(20(27)23-18-11-5-8-15-7-3-4-10-17(15)18)28-21-25-24-19(26(21)2)16-9-6-12-22-13-16/h3-14H,1-2H3,(H,23,27). The van der Waals surface area contributed by atoms with Crippen molar-refractivity contribution in [1.82, 2.24) is 19.7 Å². The van der Waals surface area contributed by atoms with Gasteiger partial charge >= 0.3 is 0 Å². The smallest absolute Gasteiger partial charge is 0.237 e. The minimum absolute atomic E-state index is 0.0766. The third-order valence-corrected chi connectivity index (χ3v) is 5.59. The van der Waals surface area contributed by atoms with Crippen LogP contribution >= 0.6 is 11.8 Å². The molecule has 4 aromatic rings. The monoisotopic (exact) mass is 389 g/mol. The van der Waals surface area contributed by atoms with Gasteiger partial charge in [-0.3, -0.25) is 9.78 Å². The SMILES string of the molecule is CC(Sc1nnc(-c2cccnc2)n1C)C(=O)Nc1cccc2ccccc12. The highest BCUT2D eigenvalue weighted by molar-refractivity contribution is 8.00. The van der Waals surface area contributed by atoms with Crippen LogP contribution in [0, 0.1) is 0 Å². The molecular weight excluding hydrogens is 370 g/mol. The summed E-state index contributed by atoms with van der Waals surface area (Å²) in [5.41, 5.74) is 1.70. The Kier molecular flexibility index (Phi) is 5.08. The summed E-state index contributed by atoms with van der Waals surface area (Å²) in [5.74, 6) is 0.643. The molecule has 140 valence electrons. The predicted octanol–water partition coefficient (Wildman–Crippen LogP) is 4.15. The number of anilines is 1. The molecule has 7 heteroatoms. The van der Waals surface area contributed by atoms with Crippen molar-refractivity contribution in [3.05, 3.63) is 67.0 Å². The third kappa shape index (κ3) is 3.61. The van der Waals surface area contributed by atoms with Crippen LogP contribution in [0.15, 0.2) is 72.1 Å². The van der Waals surface area contributed by atoms with Crippen LogP contribution in [0.2, 0.25) is 0 Å². The highest BCUT2D eigenvalue weighted by Crippen LogP contribution is 2.27. The number of amides is 1. The van der Waals surface area contributed by atoms with E-state index in [0.29, 0.717) is 5.16 Å². The van der Waals surface area contributed by atoms with Gasteiger partial charge in [-0.15, -0.1) is 10.2 Å². The molecule has 2 heterocycles. The topological polar surface area (TPSA) is 72.7 Å². The molecule has 4 rings (SSSR count). The molecule has 0 fully saturated rings. The van der Waals surface area contributed by atoms with Gasteiger partial charge in [-0.05, 0) is 30.5 Å². The second kappa shape index (κ2) is 7.82. The zero-order valence-electron chi connectivity index (χ0n) is 15.5. The van der Waals surface area contributed by atoms with E-state index in [1.54, 1.807) is 12.4 Å². The number of thioether (sulfide) groups is 1. The van der Waals surface area contributed by atoms with Gasteiger partial charge in [0.2, 0.25) is 5.91 Å². The maximum atomic E-state index is 12.7. The van der Waals surface area contributed by atoms with Crippen molar-refractivity contribution in [2.75, 3.05) is 5.32 Å². The second-order valence-electron chi connectivity index (χ2n) is 6.38. The van der Waals surface area contributed by atoms with E-state index in [-0.39, 0.29) is 11.2 Å². The van der Waals surface area contributed by atoms with Crippen molar-refractivity contribution in [3.63, 3.8) is 0 Å². The normalized spacial score (nSPS) is 12.1. The molecule has 0 saturated heterocycles. The third-order valence-electron chi connectivity index (χ3n) is 4.45. The van der Waals surface area contributed by atoms with Crippen molar-refractivity contribution in [1.29, 1.82) is 0 Å². The Balaban J connectivity index is 1.50. The van der Waals surface area contributed by atoms with Gasteiger partial charge in [0.15, 0.2) is 11.0 Å². The van der Waals surface area contributed by atoms with E-state index in [0.717, 1.165) is 27.8 Å². The number of carbonyl (C=O) groups is 1. The van der Waals surface area contributed by atoms with Crippen molar-refractivity contribution in [2.24, 2.45) is 7.05 Å². The lowest BCUT2D eigenvalue weighted by molar-refractivity contribution is -0.115. The molecule has 0 aliphatic carbocycles. The number of pyridine rings is 1. The fraction of sp³-hybridized carbons (Fsp3) is 0.143. The molecule has 0 radical (unpaired) electrons. The quantitative estimate of drug-likeness (QED) is 0.519. The first-order valence-electron chi connectivity index (χ1n) is 8.88. The molecule has 6 nitrogen and oxygen atoms in total. The Hall–Kier alpha value is -3.19. The fourth-order valence-electron chi connectivity index (χ4n) is 2.94. The molecule has 1 unspecified atom stereocenters. The van der Waals surface area contributed by atoms with Crippen molar-refractivity contribution in [2.45, 2.75) is 17.3 Å².